The summed E-state index contributed by atoms with van der Waals surface area (Å²) < 4.78 is 0. The number of aromatic carboxylic acids is 1. The fourth-order valence-electron chi connectivity index (χ4n) is 4.81. The monoisotopic (exact) mass is 439 g/mol. The van der Waals surface area contributed by atoms with Gasteiger partial charge in [-0.25, -0.2) is 4.79 Å². The van der Waals surface area contributed by atoms with E-state index in [1.54, 1.807) is 19.1 Å². The number of aromatic amines is 1. The Morgan fingerprint density at radius 2 is 1.76 bits per heavy atom. The van der Waals surface area contributed by atoms with Gasteiger partial charge in [-0.05, 0) is 78.6 Å². The number of nitrogens with zero attached hydrogens (tertiary/aromatic N) is 1. The van der Waals surface area contributed by atoms with Crippen LogP contribution in [0.1, 0.15) is 42.2 Å². The normalized spacial score (nSPS) is 17.6. The van der Waals surface area contributed by atoms with E-state index < -0.39 is 5.97 Å². The zero-order chi connectivity index (χ0) is 23.1. The van der Waals surface area contributed by atoms with Crippen molar-refractivity contribution >= 4 is 34.2 Å². The summed E-state index contributed by atoms with van der Waals surface area (Å²) in [5, 5.41) is 14.0. The van der Waals surface area contributed by atoms with Crippen LogP contribution in [0.15, 0.2) is 72.9 Å². The molecule has 6 heteroatoms. The van der Waals surface area contributed by atoms with Crippen molar-refractivity contribution in [1.82, 2.24) is 4.98 Å². The molecular formula is C27H25N3O3. The molecule has 6 nitrogen and oxygen atoms in total. The number of rotatable bonds is 4. The predicted molar refractivity (Wildman–Crippen MR) is 131 cm³/mol. The molecule has 33 heavy (non-hydrogen) atoms. The lowest BCUT2D eigenvalue weighted by Gasteiger charge is -2.39. The van der Waals surface area contributed by atoms with Gasteiger partial charge in [0.1, 0.15) is 0 Å². The summed E-state index contributed by atoms with van der Waals surface area (Å²) in [5.74, 6) is -0.920. The number of carboxylic acids is 1. The molecule has 5 rings (SSSR count). The molecule has 0 bridgehead atoms. The number of fused-ring (bicyclic) bond motifs is 2. The van der Waals surface area contributed by atoms with Crippen LogP contribution >= 0.6 is 0 Å². The molecule has 2 heterocycles. The van der Waals surface area contributed by atoms with E-state index in [1.807, 2.05) is 41.4 Å². The molecule has 0 radical (unpaired) electrons. The van der Waals surface area contributed by atoms with Crippen molar-refractivity contribution < 1.29 is 14.7 Å². The highest BCUT2D eigenvalue weighted by molar-refractivity contribution is 5.94. The summed E-state index contributed by atoms with van der Waals surface area (Å²) in [6.07, 6.45) is 2.71. The van der Waals surface area contributed by atoms with Crippen LogP contribution in [0.3, 0.4) is 0 Å². The average Bonchev–Trinajstić information content (AvgIpc) is 3.26. The highest BCUT2D eigenvalue weighted by atomic mass is 16.4. The van der Waals surface area contributed by atoms with Gasteiger partial charge in [-0.15, -0.1) is 0 Å². The number of hydrogen-bond donors (Lipinski definition) is 3. The number of hydrogen-bond acceptors (Lipinski definition) is 3. The van der Waals surface area contributed by atoms with Crippen molar-refractivity contribution in [2.45, 2.75) is 32.4 Å². The Bertz CT molecular complexity index is 1360. The Balaban J connectivity index is 1.55. The van der Waals surface area contributed by atoms with Crippen LogP contribution in [0.25, 0.3) is 22.0 Å². The number of H-pyrrole nitrogens is 1. The first-order valence-electron chi connectivity index (χ1n) is 11.0. The Kier molecular flexibility index (Phi) is 5.13. The third-order valence-electron chi connectivity index (χ3n) is 6.38. The second kappa shape index (κ2) is 8.13. The minimum absolute atomic E-state index is 0.0227. The van der Waals surface area contributed by atoms with Crippen molar-refractivity contribution in [2.24, 2.45) is 0 Å². The number of aromatic nitrogens is 1. The Hall–Kier alpha value is -4.06. The highest BCUT2D eigenvalue weighted by Crippen LogP contribution is 2.41. The van der Waals surface area contributed by atoms with Gasteiger partial charge in [0.25, 0.3) is 0 Å². The Morgan fingerprint density at radius 1 is 1.00 bits per heavy atom. The van der Waals surface area contributed by atoms with E-state index in [2.05, 4.69) is 41.5 Å². The minimum Gasteiger partial charge on any atom is -0.478 e. The van der Waals surface area contributed by atoms with Gasteiger partial charge < -0.3 is 20.3 Å². The summed E-state index contributed by atoms with van der Waals surface area (Å²) >= 11 is 0. The maximum atomic E-state index is 12.5. The SMILES string of the molecule is CC(=O)N1c2ccc(-c3ccc(C(=O)O)cc3)cc2[C@H](Nc2ccc3[nH]ccc3c2)C[C@@H]1C. The summed E-state index contributed by atoms with van der Waals surface area (Å²) in [4.78, 5) is 28.7. The zero-order valence-electron chi connectivity index (χ0n) is 18.5. The van der Waals surface area contributed by atoms with E-state index in [0.29, 0.717) is 0 Å². The zero-order valence-corrected chi connectivity index (χ0v) is 18.5. The predicted octanol–water partition coefficient (Wildman–Crippen LogP) is 5.83. The summed E-state index contributed by atoms with van der Waals surface area (Å²) in [6.45, 7) is 3.68. The van der Waals surface area contributed by atoms with E-state index in [0.717, 1.165) is 45.4 Å². The van der Waals surface area contributed by atoms with E-state index >= 15 is 0 Å². The lowest BCUT2D eigenvalue weighted by Crippen LogP contribution is -2.43. The number of amides is 1. The molecule has 0 spiro atoms. The molecule has 0 saturated heterocycles. The second-order valence-corrected chi connectivity index (χ2v) is 8.61. The van der Waals surface area contributed by atoms with E-state index in [9.17, 15) is 14.7 Å². The Morgan fingerprint density at radius 3 is 2.48 bits per heavy atom. The maximum Gasteiger partial charge on any atom is 0.335 e. The van der Waals surface area contributed by atoms with Gasteiger partial charge in [0.2, 0.25) is 5.91 Å². The van der Waals surface area contributed by atoms with E-state index in [4.69, 9.17) is 0 Å². The highest BCUT2D eigenvalue weighted by Gasteiger charge is 2.32. The quantitative estimate of drug-likeness (QED) is 0.373. The van der Waals surface area contributed by atoms with Crippen LogP contribution in [0.5, 0.6) is 0 Å². The second-order valence-electron chi connectivity index (χ2n) is 8.61. The molecule has 1 aliphatic rings. The first kappa shape index (κ1) is 20.8. The number of anilines is 2. The minimum atomic E-state index is -0.943. The molecule has 0 unspecified atom stereocenters. The number of nitrogens with one attached hydrogen (secondary N) is 2. The summed E-state index contributed by atoms with van der Waals surface area (Å²) in [7, 11) is 0. The van der Waals surface area contributed by atoms with Gasteiger partial charge in [0.05, 0.1) is 11.6 Å². The topological polar surface area (TPSA) is 85.4 Å². The van der Waals surface area contributed by atoms with Gasteiger partial charge in [0, 0.05) is 41.4 Å². The van der Waals surface area contributed by atoms with Crippen molar-refractivity contribution in [2.75, 3.05) is 10.2 Å². The third kappa shape index (κ3) is 3.84. The van der Waals surface area contributed by atoms with Crippen LogP contribution < -0.4 is 10.2 Å². The lowest BCUT2D eigenvalue weighted by molar-refractivity contribution is -0.117. The fourth-order valence-corrected chi connectivity index (χ4v) is 4.81. The average molecular weight is 440 g/mol. The van der Waals surface area contributed by atoms with Crippen molar-refractivity contribution in [3.63, 3.8) is 0 Å². The van der Waals surface area contributed by atoms with E-state index in [1.165, 1.54) is 0 Å². The van der Waals surface area contributed by atoms with Crippen molar-refractivity contribution in [1.29, 1.82) is 0 Å². The lowest BCUT2D eigenvalue weighted by atomic mass is 9.88. The van der Waals surface area contributed by atoms with Gasteiger partial charge in [-0.2, -0.15) is 0 Å². The van der Waals surface area contributed by atoms with Gasteiger partial charge in [-0.1, -0.05) is 18.2 Å². The first-order chi connectivity index (χ1) is 15.9. The van der Waals surface area contributed by atoms with Gasteiger partial charge in [0.15, 0.2) is 0 Å². The first-order valence-corrected chi connectivity index (χ1v) is 11.0. The van der Waals surface area contributed by atoms with Gasteiger partial charge in [-0.3, -0.25) is 4.79 Å². The van der Waals surface area contributed by atoms with Crippen LogP contribution in [-0.2, 0) is 4.79 Å². The number of carbonyl (C=O) groups excluding carboxylic acids is 1. The number of carbonyl (C=O) groups is 2. The number of carboxylic acid groups (broad SMARTS) is 1. The van der Waals surface area contributed by atoms with E-state index in [-0.39, 0.29) is 23.6 Å². The molecular weight excluding hydrogens is 414 g/mol. The number of benzene rings is 3. The molecule has 1 aliphatic heterocycles. The van der Waals surface area contributed by atoms with Crippen LogP contribution in [-0.4, -0.2) is 28.0 Å². The Labute approximate surface area is 191 Å². The molecule has 3 N–H and O–H groups in total. The molecule has 1 aromatic heterocycles. The van der Waals surface area contributed by atoms with Crippen molar-refractivity contribution in [3.8, 4) is 11.1 Å². The third-order valence-corrected chi connectivity index (χ3v) is 6.38. The molecule has 3 aromatic carbocycles. The standard InChI is InChI=1S/C27H25N3O3/c1-16-13-25(29-22-8-9-24-21(14-22)11-12-28-24)23-15-20(7-10-26(23)30(16)17(2)31)18-3-5-19(6-4-18)27(32)33/h3-12,14-16,25,28-29H,13H2,1-2H3,(H,32,33)/t16-,25+/m0/s1. The molecule has 1 amide bonds. The smallest absolute Gasteiger partial charge is 0.335 e. The molecule has 0 saturated carbocycles. The molecule has 0 fully saturated rings. The summed E-state index contributed by atoms with van der Waals surface area (Å²) in [6, 6.07) is 21.4. The molecule has 166 valence electrons. The van der Waals surface area contributed by atoms with Gasteiger partial charge >= 0.3 is 5.97 Å². The molecule has 0 aliphatic carbocycles. The van der Waals surface area contributed by atoms with Crippen LogP contribution in [0.4, 0.5) is 11.4 Å². The molecule has 4 aromatic rings. The largest absolute Gasteiger partial charge is 0.478 e. The van der Waals surface area contributed by atoms with Crippen LogP contribution in [0, 0.1) is 0 Å². The summed E-state index contributed by atoms with van der Waals surface area (Å²) in [5.41, 5.74) is 6.25. The molecule has 2 atom stereocenters. The van der Waals surface area contributed by atoms with Crippen molar-refractivity contribution in [3.05, 3.63) is 84.1 Å². The van der Waals surface area contributed by atoms with Crippen LogP contribution in [0.2, 0.25) is 0 Å². The maximum absolute atomic E-state index is 12.5. The fraction of sp³-hybridized carbons (Fsp3) is 0.185.